The molecular formula is C8H7Br2ClN2O. The lowest BCUT2D eigenvalue weighted by Gasteiger charge is -2.03. The fourth-order valence-electron chi connectivity index (χ4n) is 0.774. The fourth-order valence-corrected chi connectivity index (χ4v) is 1.50. The van der Waals surface area contributed by atoms with Crippen LogP contribution in [0.25, 0.3) is 0 Å². The average molecular weight is 342 g/mol. The molecule has 1 N–H and O–H groups in total. The molecule has 0 aliphatic heterocycles. The maximum Gasteiger partial charge on any atom is 0.226 e. The van der Waals surface area contributed by atoms with Crippen molar-refractivity contribution in [1.82, 2.24) is 4.98 Å². The van der Waals surface area contributed by atoms with Crippen molar-refractivity contribution in [2.75, 3.05) is 10.6 Å². The molecule has 0 radical (unpaired) electrons. The number of pyridine rings is 1. The van der Waals surface area contributed by atoms with Gasteiger partial charge in [-0.1, -0.05) is 27.5 Å². The third kappa shape index (κ3) is 3.55. The molecule has 3 nitrogen and oxygen atoms in total. The zero-order valence-corrected chi connectivity index (χ0v) is 11.0. The monoisotopic (exact) mass is 340 g/mol. The minimum Gasteiger partial charge on any atom is -0.311 e. The highest BCUT2D eigenvalue weighted by atomic mass is 79.9. The van der Waals surface area contributed by atoms with Crippen LogP contribution < -0.4 is 5.32 Å². The molecule has 0 bridgehead atoms. The van der Waals surface area contributed by atoms with Crippen molar-refractivity contribution >= 4 is 55.2 Å². The van der Waals surface area contributed by atoms with Crippen molar-refractivity contribution in [3.05, 3.63) is 21.8 Å². The third-order valence-corrected chi connectivity index (χ3v) is 2.97. The second-order valence-corrected chi connectivity index (χ2v) is 4.53. The number of aromatic nitrogens is 1. The van der Waals surface area contributed by atoms with Gasteiger partial charge in [-0.3, -0.25) is 4.79 Å². The summed E-state index contributed by atoms with van der Waals surface area (Å²) in [7, 11) is 0. The molecule has 1 aromatic rings. The summed E-state index contributed by atoms with van der Waals surface area (Å²) in [4.78, 5) is 15.2. The first-order chi connectivity index (χ1) is 6.63. The van der Waals surface area contributed by atoms with Crippen molar-refractivity contribution in [3.8, 4) is 0 Å². The summed E-state index contributed by atoms with van der Waals surface area (Å²) in [5, 5.41) is 3.78. The number of nitrogens with zero attached hydrogens (tertiary/aromatic N) is 1. The van der Waals surface area contributed by atoms with Crippen molar-refractivity contribution in [3.63, 3.8) is 0 Å². The van der Waals surface area contributed by atoms with E-state index in [0.717, 1.165) is 0 Å². The standard InChI is InChI=1S/C8H7Br2ClN2O/c9-2-1-8(14)13-7-3-6(11)5(10)4-12-7/h3-4H,1-2H2,(H,12,13,14). The van der Waals surface area contributed by atoms with Crippen LogP contribution in [-0.2, 0) is 4.79 Å². The van der Waals surface area contributed by atoms with E-state index in [2.05, 4.69) is 42.2 Å². The Labute approximate surface area is 103 Å². The molecule has 1 heterocycles. The quantitative estimate of drug-likeness (QED) is 0.857. The predicted molar refractivity (Wildman–Crippen MR) is 64.0 cm³/mol. The van der Waals surface area contributed by atoms with E-state index in [4.69, 9.17) is 11.6 Å². The Balaban J connectivity index is 2.68. The van der Waals surface area contributed by atoms with E-state index in [1.165, 1.54) is 0 Å². The highest BCUT2D eigenvalue weighted by molar-refractivity contribution is 9.10. The molecule has 0 aliphatic carbocycles. The molecule has 1 amide bonds. The maximum atomic E-state index is 11.2. The Bertz CT molecular complexity index is 346. The molecular weight excluding hydrogens is 335 g/mol. The number of rotatable bonds is 3. The van der Waals surface area contributed by atoms with Crippen LogP contribution in [0.1, 0.15) is 6.42 Å². The first-order valence-corrected chi connectivity index (χ1v) is 6.09. The minimum atomic E-state index is -0.0900. The van der Waals surface area contributed by atoms with Gasteiger partial charge < -0.3 is 5.32 Å². The number of amides is 1. The first kappa shape index (κ1) is 11.9. The van der Waals surface area contributed by atoms with Crippen LogP contribution in [0.15, 0.2) is 16.7 Å². The fraction of sp³-hybridized carbons (Fsp3) is 0.250. The van der Waals surface area contributed by atoms with E-state index < -0.39 is 0 Å². The molecule has 6 heteroatoms. The molecule has 0 saturated heterocycles. The van der Waals surface area contributed by atoms with Gasteiger partial charge in [0.25, 0.3) is 0 Å². The molecule has 76 valence electrons. The van der Waals surface area contributed by atoms with E-state index in [1.807, 2.05) is 0 Å². The van der Waals surface area contributed by atoms with Gasteiger partial charge in [0.05, 0.1) is 9.50 Å². The molecule has 0 aliphatic rings. The van der Waals surface area contributed by atoms with E-state index >= 15 is 0 Å². The summed E-state index contributed by atoms with van der Waals surface area (Å²) in [5.74, 6) is 0.372. The van der Waals surface area contributed by atoms with E-state index in [0.29, 0.717) is 27.1 Å². The second-order valence-electron chi connectivity index (χ2n) is 2.47. The third-order valence-electron chi connectivity index (χ3n) is 1.40. The van der Waals surface area contributed by atoms with Crippen LogP contribution in [0.2, 0.25) is 5.02 Å². The molecule has 0 unspecified atom stereocenters. The number of hydrogen-bond donors (Lipinski definition) is 1. The van der Waals surface area contributed by atoms with E-state index in [-0.39, 0.29) is 5.91 Å². The number of anilines is 1. The van der Waals surface area contributed by atoms with Crippen molar-refractivity contribution in [1.29, 1.82) is 0 Å². The van der Waals surface area contributed by atoms with E-state index in [9.17, 15) is 4.79 Å². The van der Waals surface area contributed by atoms with Crippen molar-refractivity contribution in [2.24, 2.45) is 0 Å². The molecule has 0 saturated carbocycles. The Morgan fingerprint density at radius 3 is 2.93 bits per heavy atom. The summed E-state index contributed by atoms with van der Waals surface area (Å²) < 4.78 is 0.706. The Morgan fingerprint density at radius 2 is 2.36 bits per heavy atom. The molecule has 0 fully saturated rings. The lowest BCUT2D eigenvalue weighted by atomic mass is 10.4. The van der Waals surface area contributed by atoms with Gasteiger partial charge in [-0.25, -0.2) is 4.98 Å². The van der Waals surface area contributed by atoms with Crippen molar-refractivity contribution < 1.29 is 4.79 Å². The zero-order valence-electron chi connectivity index (χ0n) is 7.06. The van der Waals surface area contributed by atoms with E-state index in [1.54, 1.807) is 12.3 Å². The highest BCUT2D eigenvalue weighted by Crippen LogP contribution is 2.23. The smallest absolute Gasteiger partial charge is 0.226 e. The van der Waals surface area contributed by atoms with Gasteiger partial charge in [0.15, 0.2) is 0 Å². The molecule has 14 heavy (non-hydrogen) atoms. The SMILES string of the molecule is O=C(CCBr)Nc1cc(Cl)c(Br)cn1. The average Bonchev–Trinajstić information content (AvgIpc) is 2.12. The Hall–Kier alpha value is -0.130. The maximum absolute atomic E-state index is 11.2. The number of nitrogens with one attached hydrogen (secondary N) is 1. The molecule has 1 rings (SSSR count). The normalized spacial score (nSPS) is 9.93. The van der Waals surface area contributed by atoms with Crippen LogP contribution in [0, 0.1) is 0 Å². The van der Waals surface area contributed by atoms with Gasteiger partial charge in [-0.05, 0) is 15.9 Å². The van der Waals surface area contributed by atoms with Gasteiger partial charge in [0.2, 0.25) is 5.91 Å². The summed E-state index contributed by atoms with van der Waals surface area (Å²) in [5.41, 5.74) is 0. The van der Waals surface area contributed by atoms with Crippen LogP contribution in [0.4, 0.5) is 5.82 Å². The molecule has 0 atom stereocenters. The lowest BCUT2D eigenvalue weighted by molar-refractivity contribution is -0.115. The zero-order chi connectivity index (χ0) is 10.6. The van der Waals surface area contributed by atoms with Gasteiger partial charge in [0, 0.05) is 24.0 Å². The Morgan fingerprint density at radius 1 is 1.64 bits per heavy atom. The van der Waals surface area contributed by atoms with Crippen molar-refractivity contribution in [2.45, 2.75) is 6.42 Å². The predicted octanol–water partition coefficient (Wildman–Crippen LogP) is 3.22. The topological polar surface area (TPSA) is 42.0 Å². The second kappa shape index (κ2) is 5.68. The first-order valence-electron chi connectivity index (χ1n) is 3.80. The van der Waals surface area contributed by atoms with Crippen LogP contribution >= 0.6 is 43.5 Å². The minimum absolute atomic E-state index is 0.0900. The Kier molecular flexibility index (Phi) is 4.84. The summed E-state index contributed by atoms with van der Waals surface area (Å²) in [6, 6.07) is 1.60. The number of hydrogen-bond acceptors (Lipinski definition) is 2. The number of halogens is 3. The summed E-state index contributed by atoms with van der Waals surface area (Å²) >= 11 is 12.2. The van der Waals surface area contributed by atoms with Crippen LogP contribution in [-0.4, -0.2) is 16.2 Å². The summed E-state index contributed by atoms with van der Waals surface area (Å²) in [6.07, 6.45) is 1.96. The highest BCUT2D eigenvalue weighted by Gasteiger charge is 2.04. The lowest BCUT2D eigenvalue weighted by Crippen LogP contribution is -2.12. The molecule has 1 aromatic heterocycles. The van der Waals surface area contributed by atoms with Gasteiger partial charge in [0.1, 0.15) is 5.82 Å². The number of alkyl halides is 1. The largest absolute Gasteiger partial charge is 0.311 e. The van der Waals surface area contributed by atoms with Gasteiger partial charge in [-0.2, -0.15) is 0 Å². The molecule has 0 aromatic carbocycles. The van der Waals surface area contributed by atoms with Crippen LogP contribution in [0.3, 0.4) is 0 Å². The van der Waals surface area contributed by atoms with Gasteiger partial charge >= 0.3 is 0 Å². The van der Waals surface area contributed by atoms with Gasteiger partial charge in [-0.15, -0.1) is 0 Å². The summed E-state index contributed by atoms with van der Waals surface area (Å²) in [6.45, 7) is 0. The molecule has 0 spiro atoms. The number of carbonyl (C=O) groups excluding carboxylic acids is 1. The number of carbonyl (C=O) groups is 1. The van der Waals surface area contributed by atoms with Crippen LogP contribution in [0.5, 0.6) is 0 Å².